The van der Waals surface area contributed by atoms with Crippen LogP contribution in [0.25, 0.3) is 0 Å². The van der Waals surface area contributed by atoms with Crippen molar-refractivity contribution in [1.29, 1.82) is 0 Å². The van der Waals surface area contributed by atoms with Gasteiger partial charge in [0.05, 0.1) is 10.8 Å². The van der Waals surface area contributed by atoms with E-state index in [9.17, 15) is 22.0 Å². The number of carboxylic acid groups (broad SMARTS) is 1. The van der Waals surface area contributed by atoms with Crippen LogP contribution < -0.4 is 4.90 Å². The zero-order chi connectivity index (χ0) is 16.2. The number of hydrogen-bond donors (Lipinski definition) is 1. The Hall–Kier alpha value is -1.70. The lowest BCUT2D eigenvalue weighted by Gasteiger charge is -2.25. The number of benzene rings is 1. The Bertz CT molecular complexity index is 587. The fourth-order valence-corrected chi connectivity index (χ4v) is 2.50. The highest BCUT2D eigenvalue weighted by molar-refractivity contribution is 7.91. The first-order valence-corrected chi connectivity index (χ1v) is 7.84. The molecule has 0 spiro atoms. The van der Waals surface area contributed by atoms with Gasteiger partial charge in [0, 0.05) is 18.8 Å². The van der Waals surface area contributed by atoms with Gasteiger partial charge in [0.25, 0.3) is 0 Å². The lowest BCUT2D eigenvalue weighted by atomic mass is 10.1. The number of nitrogens with zero attached hydrogens (tertiary/aromatic N) is 1. The molecule has 8 heteroatoms. The van der Waals surface area contributed by atoms with Gasteiger partial charge >= 0.3 is 11.7 Å². The van der Waals surface area contributed by atoms with Crippen LogP contribution in [-0.2, 0) is 14.6 Å². The number of sulfone groups is 1. The van der Waals surface area contributed by atoms with Crippen molar-refractivity contribution in [3.63, 3.8) is 0 Å². The van der Waals surface area contributed by atoms with Gasteiger partial charge in [0.2, 0.25) is 9.84 Å². The quantitative estimate of drug-likeness (QED) is 0.833. The molecule has 0 fully saturated rings. The molecule has 1 N–H and O–H groups in total. The zero-order valence-corrected chi connectivity index (χ0v) is 12.5. The maximum absolute atomic E-state index is 12.4. The molecule has 0 aliphatic heterocycles. The summed E-state index contributed by atoms with van der Waals surface area (Å²) in [7, 11) is -4.61. The molecular formula is C13H17F2NO4S. The lowest BCUT2D eigenvalue weighted by molar-refractivity contribution is -0.140. The molecule has 21 heavy (non-hydrogen) atoms. The van der Waals surface area contributed by atoms with Crippen LogP contribution in [0.1, 0.15) is 13.8 Å². The maximum Gasteiger partial charge on any atom is 0.341 e. The van der Waals surface area contributed by atoms with Gasteiger partial charge < -0.3 is 10.0 Å². The average molecular weight is 321 g/mol. The van der Waals surface area contributed by atoms with Crippen LogP contribution in [0, 0.1) is 5.92 Å². The number of aliphatic carboxylic acids is 1. The van der Waals surface area contributed by atoms with E-state index in [-0.39, 0.29) is 6.54 Å². The topological polar surface area (TPSA) is 74.7 Å². The van der Waals surface area contributed by atoms with Crippen molar-refractivity contribution in [2.75, 3.05) is 18.0 Å². The third kappa shape index (κ3) is 4.13. The van der Waals surface area contributed by atoms with Crippen LogP contribution in [-0.4, -0.2) is 38.3 Å². The van der Waals surface area contributed by atoms with E-state index in [4.69, 9.17) is 5.11 Å². The molecule has 5 nitrogen and oxygen atoms in total. The zero-order valence-electron chi connectivity index (χ0n) is 11.7. The summed E-state index contributed by atoms with van der Waals surface area (Å²) in [5, 5.41) is 8.90. The summed E-state index contributed by atoms with van der Waals surface area (Å²) in [6.07, 6.45) is 0. The van der Waals surface area contributed by atoms with Gasteiger partial charge in [-0.1, -0.05) is 6.92 Å². The molecule has 0 aliphatic rings. The summed E-state index contributed by atoms with van der Waals surface area (Å²) in [4.78, 5) is 12.1. The van der Waals surface area contributed by atoms with Crippen molar-refractivity contribution < 1.29 is 27.1 Å². The Morgan fingerprint density at radius 1 is 1.29 bits per heavy atom. The van der Waals surface area contributed by atoms with Gasteiger partial charge in [-0.3, -0.25) is 4.79 Å². The highest BCUT2D eigenvalue weighted by atomic mass is 32.2. The van der Waals surface area contributed by atoms with Gasteiger partial charge in [-0.05, 0) is 31.2 Å². The summed E-state index contributed by atoms with van der Waals surface area (Å²) in [6.45, 7) is 4.13. The second kappa shape index (κ2) is 6.84. The molecule has 0 saturated heterocycles. The first kappa shape index (κ1) is 17.4. The lowest BCUT2D eigenvalue weighted by Crippen LogP contribution is -2.31. The molecule has 0 bridgehead atoms. The first-order valence-electron chi connectivity index (χ1n) is 6.30. The van der Waals surface area contributed by atoms with Crippen molar-refractivity contribution in [3.8, 4) is 0 Å². The molecule has 0 aliphatic carbocycles. The van der Waals surface area contributed by atoms with Gasteiger partial charge in [-0.25, -0.2) is 8.42 Å². The molecule has 1 rings (SSSR count). The Kier molecular flexibility index (Phi) is 5.65. The number of anilines is 1. The predicted molar refractivity (Wildman–Crippen MR) is 74.3 cm³/mol. The Morgan fingerprint density at radius 3 is 2.19 bits per heavy atom. The predicted octanol–water partition coefficient (Wildman–Crippen LogP) is 2.23. The van der Waals surface area contributed by atoms with Crippen LogP contribution in [0.3, 0.4) is 0 Å². The molecule has 1 aromatic carbocycles. The molecule has 1 aromatic rings. The molecule has 0 aromatic heterocycles. The minimum atomic E-state index is -4.61. The normalized spacial score (nSPS) is 13.2. The summed E-state index contributed by atoms with van der Waals surface area (Å²) < 4.78 is 47.5. The van der Waals surface area contributed by atoms with Crippen molar-refractivity contribution >= 4 is 21.5 Å². The number of hydrogen-bond acceptors (Lipinski definition) is 4. The van der Waals surface area contributed by atoms with Crippen molar-refractivity contribution in [3.05, 3.63) is 24.3 Å². The second-order valence-corrected chi connectivity index (χ2v) is 6.50. The molecule has 118 valence electrons. The van der Waals surface area contributed by atoms with Gasteiger partial charge in [0.1, 0.15) is 0 Å². The fraction of sp³-hybridized carbons (Fsp3) is 0.462. The number of halogens is 2. The molecule has 0 saturated carbocycles. The molecular weight excluding hydrogens is 304 g/mol. The van der Waals surface area contributed by atoms with Crippen molar-refractivity contribution in [2.24, 2.45) is 5.92 Å². The SMILES string of the molecule is CCN(CC(C)C(=O)O)c1ccc(S(=O)(=O)C(F)F)cc1. The van der Waals surface area contributed by atoms with Crippen LogP contribution in [0.2, 0.25) is 0 Å². The summed E-state index contributed by atoms with van der Waals surface area (Å²) in [5.41, 5.74) is 0.582. The fourth-order valence-electron chi connectivity index (χ4n) is 1.78. The van der Waals surface area contributed by atoms with E-state index in [0.29, 0.717) is 12.2 Å². The van der Waals surface area contributed by atoms with Crippen molar-refractivity contribution in [1.82, 2.24) is 0 Å². The third-order valence-corrected chi connectivity index (χ3v) is 4.46. The largest absolute Gasteiger partial charge is 0.481 e. The van der Waals surface area contributed by atoms with Crippen LogP contribution >= 0.6 is 0 Å². The number of carbonyl (C=O) groups is 1. The molecule has 0 heterocycles. The van der Waals surface area contributed by atoms with E-state index in [0.717, 1.165) is 12.1 Å². The van der Waals surface area contributed by atoms with Gasteiger partial charge in [-0.15, -0.1) is 0 Å². The molecule has 1 atom stereocenters. The standard InChI is InChI=1S/C13H17F2NO4S/c1-3-16(8-9(2)12(17)18)10-4-6-11(7-5-10)21(19,20)13(14)15/h4-7,9,13H,3,8H2,1-2H3,(H,17,18). The Morgan fingerprint density at radius 2 is 1.81 bits per heavy atom. The van der Waals surface area contributed by atoms with E-state index in [1.807, 2.05) is 6.92 Å². The van der Waals surface area contributed by atoms with Crippen LogP contribution in [0.5, 0.6) is 0 Å². The van der Waals surface area contributed by atoms with Crippen molar-refractivity contribution in [2.45, 2.75) is 24.5 Å². The van der Waals surface area contributed by atoms with Crippen LogP contribution in [0.4, 0.5) is 14.5 Å². The molecule has 1 unspecified atom stereocenters. The highest BCUT2D eigenvalue weighted by Gasteiger charge is 2.26. The molecule has 0 radical (unpaired) electrons. The summed E-state index contributed by atoms with van der Waals surface area (Å²) in [6, 6.07) is 5.00. The number of carboxylic acids is 1. The highest BCUT2D eigenvalue weighted by Crippen LogP contribution is 2.22. The number of rotatable bonds is 7. The summed E-state index contributed by atoms with van der Waals surface area (Å²) >= 11 is 0. The first-order chi connectivity index (χ1) is 9.70. The van der Waals surface area contributed by atoms with E-state index in [2.05, 4.69) is 0 Å². The Labute approximate surface area is 122 Å². The van der Waals surface area contributed by atoms with E-state index >= 15 is 0 Å². The minimum absolute atomic E-state index is 0.243. The van der Waals surface area contributed by atoms with E-state index in [1.54, 1.807) is 11.8 Å². The number of alkyl halides is 2. The van der Waals surface area contributed by atoms with Crippen LogP contribution in [0.15, 0.2) is 29.2 Å². The molecule has 0 amide bonds. The van der Waals surface area contributed by atoms with E-state index in [1.165, 1.54) is 12.1 Å². The van der Waals surface area contributed by atoms with Gasteiger partial charge in [0.15, 0.2) is 0 Å². The Balaban J connectivity index is 2.97. The second-order valence-electron chi connectivity index (χ2n) is 4.58. The monoisotopic (exact) mass is 321 g/mol. The van der Waals surface area contributed by atoms with Gasteiger partial charge in [-0.2, -0.15) is 8.78 Å². The summed E-state index contributed by atoms with van der Waals surface area (Å²) in [5.74, 6) is -5.00. The van der Waals surface area contributed by atoms with E-state index < -0.39 is 32.4 Å². The smallest absolute Gasteiger partial charge is 0.341 e. The average Bonchev–Trinajstić information content (AvgIpc) is 2.44. The maximum atomic E-state index is 12.4. The minimum Gasteiger partial charge on any atom is -0.481 e. The third-order valence-electron chi connectivity index (χ3n) is 3.06.